The van der Waals surface area contributed by atoms with Gasteiger partial charge in [-0.1, -0.05) is 6.07 Å². The van der Waals surface area contributed by atoms with Gasteiger partial charge in [0.2, 0.25) is 0 Å². The van der Waals surface area contributed by atoms with Gasteiger partial charge < -0.3 is 19.1 Å². The highest BCUT2D eigenvalue weighted by atomic mass is 16.5. The number of methoxy groups -OCH3 is 1. The molecule has 1 aliphatic rings. The van der Waals surface area contributed by atoms with E-state index in [-0.39, 0.29) is 23.7 Å². The number of rotatable bonds is 2. The number of ether oxygens (including phenoxy) is 2. The number of pyridine rings is 1. The number of aryl methyl sites for hydroxylation is 1. The molecule has 6 nitrogen and oxygen atoms in total. The van der Waals surface area contributed by atoms with Gasteiger partial charge in [0.15, 0.2) is 11.5 Å². The summed E-state index contributed by atoms with van der Waals surface area (Å²) < 4.78 is 11.9. The van der Waals surface area contributed by atoms with Crippen molar-refractivity contribution in [2.24, 2.45) is 7.05 Å². The molecule has 6 heteroatoms. The SMILES string of the molecule is COc1cc([C@H]2CC(=O)Oc3cc(C)n(C)c(=O)c32)ccc1O. The number of hydrogen-bond acceptors (Lipinski definition) is 5. The summed E-state index contributed by atoms with van der Waals surface area (Å²) in [5.74, 6) is -0.209. The van der Waals surface area contributed by atoms with Crippen LogP contribution in [-0.4, -0.2) is 22.8 Å². The number of benzene rings is 1. The Balaban J connectivity index is 2.21. The molecule has 0 amide bonds. The van der Waals surface area contributed by atoms with Crippen molar-refractivity contribution in [2.45, 2.75) is 19.3 Å². The maximum absolute atomic E-state index is 12.6. The van der Waals surface area contributed by atoms with Gasteiger partial charge in [0.25, 0.3) is 5.56 Å². The quantitative estimate of drug-likeness (QED) is 0.856. The Bertz CT molecular complexity index is 853. The summed E-state index contributed by atoms with van der Waals surface area (Å²) in [6.07, 6.45) is 0.0687. The molecule has 0 spiro atoms. The van der Waals surface area contributed by atoms with Crippen LogP contribution in [0.15, 0.2) is 29.1 Å². The average molecular weight is 315 g/mol. The molecule has 1 N–H and O–H groups in total. The fourth-order valence-electron chi connectivity index (χ4n) is 2.84. The molecule has 0 unspecified atom stereocenters. The largest absolute Gasteiger partial charge is 0.504 e. The van der Waals surface area contributed by atoms with Crippen LogP contribution in [0.3, 0.4) is 0 Å². The zero-order valence-corrected chi connectivity index (χ0v) is 13.1. The first-order valence-corrected chi connectivity index (χ1v) is 7.20. The third-order valence-electron chi connectivity index (χ3n) is 4.22. The van der Waals surface area contributed by atoms with E-state index in [2.05, 4.69) is 0 Å². The molecule has 1 aromatic carbocycles. The minimum Gasteiger partial charge on any atom is -0.504 e. The monoisotopic (exact) mass is 315 g/mol. The molecule has 0 bridgehead atoms. The van der Waals surface area contributed by atoms with Crippen molar-refractivity contribution in [1.29, 1.82) is 0 Å². The molecule has 1 aliphatic heterocycles. The second-order valence-electron chi connectivity index (χ2n) is 5.59. The molecule has 2 aromatic rings. The molecule has 3 rings (SSSR count). The van der Waals surface area contributed by atoms with E-state index in [1.165, 1.54) is 17.7 Å². The van der Waals surface area contributed by atoms with Crippen molar-refractivity contribution in [1.82, 2.24) is 4.57 Å². The fourth-order valence-corrected chi connectivity index (χ4v) is 2.84. The molecular weight excluding hydrogens is 298 g/mol. The average Bonchev–Trinajstić information content (AvgIpc) is 2.52. The zero-order valence-electron chi connectivity index (χ0n) is 13.1. The van der Waals surface area contributed by atoms with Gasteiger partial charge in [-0.3, -0.25) is 9.59 Å². The Morgan fingerprint density at radius 2 is 2.04 bits per heavy atom. The lowest BCUT2D eigenvalue weighted by atomic mass is 9.86. The maximum atomic E-state index is 12.6. The van der Waals surface area contributed by atoms with Crippen molar-refractivity contribution in [3.63, 3.8) is 0 Å². The minimum absolute atomic E-state index is 0.00617. The van der Waals surface area contributed by atoms with Crippen LogP contribution in [0.1, 0.15) is 29.2 Å². The van der Waals surface area contributed by atoms with Crippen LogP contribution in [0.25, 0.3) is 0 Å². The van der Waals surface area contributed by atoms with E-state index in [1.54, 1.807) is 32.2 Å². The number of aromatic nitrogens is 1. The highest BCUT2D eigenvalue weighted by Gasteiger charge is 2.32. The van der Waals surface area contributed by atoms with E-state index >= 15 is 0 Å². The van der Waals surface area contributed by atoms with Gasteiger partial charge in [-0.25, -0.2) is 0 Å². The van der Waals surface area contributed by atoms with Crippen LogP contribution in [0.4, 0.5) is 0 Å². The number of carbonyl (C=O) groups is 1. The Morgan fingerprint density at radius 3 is 2.74 bits per heavy atom. The van der Waals surface area contributed by atoms with Gasteiger partial charge in [0.05, 0.1) is 19.1 Å². The van der Waals surface area contributed by atoms with E-state index in [0.717, 1.165) is 5.56 Å². The third kappa shape index (κ3) is 2.46. The van der Waals surface area contributed by atoms with Crippen LogP contribution in [-0.2, 0) is 11.8 Å². The summed E-state index contributed by atoms with van der Waals surface area (Å²) in [4.78, 5) is 24.6. The van der Waals surface area contributed by atoms with Crippen molar-refractivity contribution < 1.29 is 19.4 Å². The first kappa shape index (κ1) is 15.1. The van der Waals surface area contributed by atoms with Gasteiger partial charge in [0.1, 0.15) is 5.75 Å². The third-order valence-corrected chi connectivity index (χ3v) is 4.22. The lowest BCUT2D eigenvalue weighted by Crippen LogP contribution is -2.31. The van der Waals surface area contributed by atoms with Gasteiger partial charge in [-0.15, -0.1) is 0 Å². The maximum Gasteiger partial charge on any atom is 0.312 e. The molecule has 0 aliphatic carbocycles. The first-order valence-electron chi connectivity index (χ1n) is 7.20. The molecule has 0 saturated heterocycles. The number of fused-ring (bicyclic) bond motifs is 1. The van der Waals surface area contributed by atoms with Crippen molar-refractivity contribution in [2.75, 3.05) is 7.11 Å². The molecule has 2 heterocycles. The van der Waals surface area contributed by atoms with Crippen LogP contribution < -0.4 is 15.0 Å². The number of esters is 1. The van der Waals surface area contributed by atoms with Crippen molar-refractivity contribution in [3.8, 4) is 17.2 Å². The van der Waals surface area contributed by atoms with E-state index in [9.17, 15) is 14.7 Å². The number of nitrogens with zero attached hydrogens (tertiary/aromatic N) is 1. The smallest absolute Gasteiger partial charge is 0.312 e. The number of phenols is 1. The van der Waals surface area contributed by atoms with Crippen LogP contribution in [0.2, 0.25) is 0 Å². The Morgan fingerprint density at radius 1 is 1.30 bits per heavy atom. The van der Waals surface area contributed by atoms with Crippen LogP contribution in [0, 0.1) is 6.92 Å². The molecule has 0 saturated carbocycles. The number of hydrogen-bond donors (Lipinski definition) is 1. The summed E-state index contributed by atoms with van der Waals surface area (Å²) in [7, 11) is 3.13. The molecular formula is C17H17NO5. The number of aromatic hydroxyl groups is 1. The van der Waals surface area contributed by atoms with E-state index in [4.69, 9.17) is 9.47 Å². The van der Waals surface area contributed by atoms with Gasteiger partial charge in [-0.05, 0) is 24.6 Å². The molecule has 23 heavy (non-hydrogen) atoms. The number of phenolic OH excluding ortho intramolecular Hbond substituents is 1. The second kappa shape index (κ2) is 5.46. The Labute approximate surface area is 132 Å². The highest BCUT2D eigenvalue weighted by Crippen LogP contribution is 2.39. The topological polar surface area (TPSA) is 77.8 Å². The lowest BCUT2D eigenvalue weighted by Gasteiger charge is -2.25. The van der Waals surface area contributed by atoms with Gasteiger partial charge in [-0.2, -0.15) is 0 Å². The normalized spacial score (nSPS) is 16.7. The predicted molar refractivity (Wildman–Crippen MR) is 83.2 cm³/mol. The summed E-state index contributed by atoms with van der Waals surface area (Å²) in [5.41, 5.74) is 1.69. The van der Waals surface area contributed by atoms with E-state index < -0.39 is 5.92 Å². The fraction of sp³-hybridized carbons (Fsp3) is 0.294. The second-order valence-corrected chi connectivity index (χ2v) is 5.59. The molecule has 0 radical (unpaired) electrons. The molecule has 1 aromatic heterocycles. The molecule has 120 valence electrons. The zero-order chi connectivity index (χ0) is 16.7. The summed E-state index contributed by atoms with van der Waals surface area (Å²) >= 11 is 0. The lowest BCUT2D eigenvalue weighted by molar-refractivity contribution is -0.135. The Kier molecular flexibility index (Phi) is 3.60. The van der Waals surface area contributed by atoms with Gasteiger partial charge >= 0.3 is 5.97 Å². The predicted octanol–water partition coefficient (Wildman–Crippen LogP) is 1.85. The van der Waals surface area contributed by atoms with Crippen molar-refractivity contribution >= 4 is 5.97 Å². The first-order chi connectivity index (χ1) is 10.9. The van der Waals surface area contributed by atoms with Crippen LogP contribution >= 0.6 is 0 Å². The molecule has 0 fully saturated rings. The number of carbonyl (C=O) groups excluding carboxylic acids is 1. The highest BCUT2D eigenvalue weighted by molar-refractivity contribution is 5.77. The minimum atomic E-state index is -0.431. The van der Waals surface area contributed by atoms with Crippen molar-refractivity contribution in [3.05, 3.63) is 51.4 Å². The van der Waals surface area contributed by atoms with Gasteiger partial charge in [0, 0.05) is 24.7 Å². The molecule has 1 atom stereocenters. The summed E-state index contributed by atoms with van der Waals surface area (Å²) in [5, 5.41) is 9.73. The summed E-state index contributed by atoms with van der Waals surface area (Å²) in [6.45, 7) is 1.78. The Hall–Kier alpha value is -2.76. The standard InChI is InChI=1S/C17H17NO5/c1-9-6-14-16(17(21)18(9)2)11(8-15(20)23-14)10-4-5-12(19)13(7-10)22-3/h4-7,11,19H,8H2,1-3H3/t11-/m1/s1. The van der Waals surface area contributed by atoms with Crippen LogP contribution in [0.5, 0.6) is 17.2 Å². The van der Waals surface area contributed by atoms with E-state index in [1.807, 2.05) is 0 Å². The summed E-state index contributed by atoms with van der Waals surface area (Å²) in [6, 6.07) is 6.51. The van der Waals surface area contributed by atoms with E-state index in [0.29, 0.717) is 22.8 Å².